The molecule has 0 saturated heterocycles. The third-order valence-electron chi connectivity index (χ3n) is 5.18. The maximum Gasteiger partial charge on any atom is 0.268 e. The number of carbonyl (C=O) groups is 1. The van der Waals surface area contributed by atoms with Crippen molar-refractivity contribution in [3.05, 3.63) is 65.2 Å². The van der Waals surface area contributed by atoms with E-state index in [1.54, 1.807) is 18.9 Å². The van der Waals surface area contributed by atoms with Crippen LogP contribution in [0, 0.1) is 0 Å². The van der Waals surface area contributed by atoms with E-state index >= 15 is 0 Å². The Morgan fingerprint density at radius 1 is 1.26 bits per heavy atom. The van der Waals surface area contributed by atoms with Gasteiger partial charge in [-0.3, -0.25) is 9.20 Å². The number of ether oxygens (including phenoxy) is 1. The Morgan fingerprint density at radius 2 is 2.13 bits per heavy atom. The van der Waals surface area contributed by atoms with Crippen molar-refractivity contribution in [1.29, 1.82) is 0 Å². The van der Waals surface area contributed by atoms with Crippen molar-refractivity contribution >= 4 is 45.8 Å². The van der Waals surface area contributed by atoms with E-state index in [1.165, 1.54) is 0 Å². The average molecular weight is 458 g/mol. The maximum atomic E-state index is 13.4. The largest absolute Gasteiger partial charge is 0.383 e. The highest BCUT2D eigenvalue weighted by molar-refractivity contribution is 7.98. The number of rotatable bonds is 9. The van der Waals surface area contributed by atoms with Gasteiger partial charge in [-0.25, -0.2) is 0 Å². The second-order valence-corrected chi connectivity index (χ2v) is 8.59. The summed E-state index contributed by atoms with van der Waals surface area (Å²) in [7, 11) is 1.65. The third kappa shape index (κ3) is 4.56. The van der Waals surface area contributed by atoms with E-state index < -0.39 is 0 Å². The number of fused-ring (bicyclic) bond motifs is 2. The topological polar surface area (TPSA) is 73.4 Å². The molecular formula is C22H24ClN5O2S. The fraction of sp³-hybridized carbons (Fsp3) is 0.318. The number of amides is 1. The fourth-order valence-electron chi connectivity index (χ4n) is 3.68. The molecule has 3 heterocycles. The van der Waals surface area contributed by atoms with Crippen LogP contribution < -0.4 is 5.32 Å². The number of nitrogens with zero attached hydrogens (tertiary/aromatic N) is 4. The first-order valence-corrected chi connectivity index (χ1v) is 11.8. The lowest BCUT2D eigenvalue weighted by Crippen LogP contribution is -2.32. The lowest BCUT2D eigenvalue weighted by Gasteiger charge is -2.18. The van der Waals surface area contributed by atoms with Crippen molar-refractivity contribution in [3.63, 3.8) is 0 Å². The van der Waals surface area contributed by atoms with Crippen molar-refractivity contribution in [3.8, 4) is 0 Å². The quantitative estimate of drug-likeness (QED) is 0.407. The van der Waals surface area contributed by atoms with Gasteiger partial charge in [-0.05, 0) is 54.8 Å². The zero-order chi connectivity index (χ0) is 21.8. The summed E-state index contributed by atoms with van der Waals surface area (Å²) in [6.07, 6.45) is 4.71. The molecule has 1 aromatic carbocycles. The molecule has 0 bridgehead atoms. The van der Waals surface area contributed by atoms with Crippen molar-refractivity contribution in [2.45, 2.75) is 19.0 Å². The Hall–Kier alpha value is -2.55. The van der Waals surface area contributed by atoms with Gasteiger partial charge >= 0.3 is 0 Å². The molecule has 9 heteroatoms. The minimum atomic E-state index is -0.269. The predicted octanol–water partition coefficient (Wildman–Crippen LogP) is 4.21. The number of thioether (sulfide) groups is 1. The van der Waals surface area contributed by atoms with Crippen LogP contribution in [0.2, 0.25) is 5.02 Å². The maximum absolute atomic E-state index is 13.4. The smallest absolute Gasteiger partial charge is 0.268 e. The summed E-state index contributed by atoms with van der Waals surface area (Å²) in [6.45, 7) is 1.06. The second-order valence-electron chi connectivity index (χ2n) is 7.17. The van der Waals surface area contributed by atoms with Crippen LogP contribution in [-0.4, -0.2) is 50.8 Å². The van der Waals surface area contributed by atoms with E-state index in [0.717, 1.165) is 34.5 Å². The van der Waals surface area contributed by atoms with Crippen LogP contribution in [0.15, 0.2) is 48.7 Å². The molecule has 1 atom stereocenters. The molecule has 31 heavy (non-hydrogen) atoms. The molecule has 0 unspecified atom stereocenters. The van der Waals surface area contributed by atoms with Gasteiger partial charge in [-0.15, -0.1) is 10.2 Å². The Bertz CT molecular complexity index is 1210. The lowest BCUT2D eigenvalue weighted by molar-refractivity contribution is 0.0922. The molecule has 0 aliphatic heterocycles. The Morgan fingerprint density at radius 3 is 2.94 bits per heavy atom. The van der Waals surface area contributed by atoms with Crippen LogP contribution >= 0.6 is 23.4 Å². The van der Waals surface area contributed by atoms with Gasteiger partial charge in [0.1, 0.15) is 5.69 Å². The van der Waals surface area contributed by atoms with Crippen molar-refractivity contribution in [2.75, 3.05) is 25.7 Å². The van der Waals surface area contributed by atoms with Gasteiger partial charge in [0.2, 0.25) is 0 Å². The Kier molecular flexibility index (Phi) is 6.80. The minimum absolute atomic E-state index is 0.165. The Balaban J connectivity index is 1.69. The van der Waals surface area contributed by atoms with Gasteiger partial charge in [0, 0.05) is 35.8 Å². The molecule has 0 saturated carbocycles. The van der Waals surface area contributed by atoms with Crippen molar-refractivity contribution in [1.82, 2.24) is 24.5 Å². The first-order chi connectivity index (χ1) is 15.1. The number of aromatic nitrogens is 4. The molecule has 0 aliphatic carbocycles. The highest BCUT2D eigenvalue weighted by Gasteiger charge is 2.23. The average Bonchev–Trinajstić information content (AvgIpc) is 3.36. The van der Waals surface area contributed by atoms with Gasteiger partial charge in [-0.2, -0.15) is 11.8 Å². The number of benzene rings is 1. The predicted molar refractivity (Wildman–Crippen MR) is 125 cm³/mol. The zero-order valence-corrected chi connectivity index (χ0v) is 19.0. The highest BCUT2D eigenvalue weighted by Crippen LogP contribution is 2.25. The molecule has 1 amide bonds. The minimum Gasteiger partial charge on any atom is -0.383 e. The molecule has 162 valence electrons. The molecule has 3 aromatic heterocycles. The third-order valence-corrected chi connectivity index (χ3v) is 6.06. The molecule has 0 spiro atoms. The van der Waals surface area contributed by atoms with E-state index in [4.69, 9.17) is 16.3 Å². The second kappa shape index (κ2) is 9.72. The molecule has 0 radical (unpaired) electrons. The van der Waals surface area contributed by atoms with Crippen LogP contribution in [0.5, 0.6) is 0 Å². The van der Waals surface area contributed by atoms with E-state index in [0.29, 0.717) is 23.9 Å². The highest BCUT2D eigenvalue weighted by atomic mass is 35.5. The zero-order valence-electron chi connectivity index (χ0n) is 17.4. The number of methoxy groups -OCH3 is 1. The summed E-state index contributed by atoms with van der Waals surface area (Å²) in [4.78, 5) is 13.4. The summed E-state index contributed by atoms with van der Waals surface area (Å²) in [5.74, 6) is 1.44. The van der Waals surface area contributed by atoms with Gasteiger partial charge in [0.25, 0.3) is 5.91 Å². The van der Waals surface area contributed by atoms with E-state index in [1.807, 2.05) is 63.9 Å². The van der Waals surface area contributed by atoms with E-state index in [-0.39, 0.29) is 11.9 Å². The number of nitrogens with one attached hydrogen (secondary N) is 1. The number of hydrogen-bond acceptors (Lipinski definition) is 5. The molecule has 0 fully saturated rings. The molecule has 4 rings (SSSR count). The van der Waals surface area contributed by atoms with E-state index in [9.17, 15) is 4.79 Å². The molecule has 1 N–H and O–H groups in total. The van der Waals surface area contributed by atoms with Gasteiger partial charge in [0.15, 0.2) is 11.5 Å². The van der Waals surface area contributed by atoms with Crippen LogP contribution in [-0.2, 0) is 11.3 Å². The van der Waals surface area contributed by atoms with Gasteiger partial charge in [-0.1, -0.05) is 17.7 Å². The molecule has 4 aromatic rings. The van der Waals surface area contributed by atoms with E-state index in [2.05, 4.69) is 15.5 Å². The standard InChI is InChI=1S/C22H24ClN5O2S/c1-30-11-10-27-18-7-6-16(23)13-15(18)14-19(27)22(29)24-17(8-12-31-2)21-26-25-20-5-3-4-9-28(20)21/h3-7,9,13-14,17H,8,10-12H2,1-2H3,(H,24,29)/t17-/m0/s1. The first kappa shape index (κ1) is 21.7. The van der Waals surface area contributed by atoms with Crippen LogP contribution in [0.1, 0.15) is 28.8 Å². The SMILES string of the molecule is COCCn1c(C(=O)N[C@@H](CCSC)c2nnc3ccccn23)cc2cc(Cl)ccc21. The summed E-state index contributed by atoms with van der Waals surface area (Å²) >= 11 is 7.90. The number of hydrogen-bond donors (Lipinski definition) is 1. The molecular weight excluding hydrogens is 434 g/mol. The fourth-order valence-corrected chi connectivity index (χ4v) is 4.34. The molecule has 0 aliphatic rings. The number of pyridine rings is 1. The van der Waals surface area contributed by atoms with Crippen molar-refractivity contribution < 1.29 is 9.53 Å². The normalized spacial score (nSPS) is 12.5. The number of halogens is 1. The summed E-state index contributed by atoms with van der Waals surface area (Å²) in [5.41, 5.74) is 2.27. The van der Waals surface area contributed by atoms with Crippen LogP contribution in [0.4, 0.5) is 0 Å². The summed E-state index contributed by atoms with van der Waals surface area (Å²) in [5, 5.41) is 13.4. The van der Waals surface area contributed by atoms with Crippen molar-refractivity contribution in [2.24, 2.45) is 0 Å². The Labute approximate surface area is 189 Å². The van der Waals surface area contributed by atoms with Crippen LogP contribution in [0.3, 0.4) is 0 Å². The summed E-state index contributed by atoms with van der Waals surface area (Å²) < 4.78 is 9.15. The monoisotopic (exact) mass is 457 g/mol. The summed E-state index contributed by atoms with van der Waals surface area (Å²) in [6, 6.07) is 13.0. The van der Waals surface area contributed by atoms with Crippen LogP contribution in [0.25, 0.3) is 16.6 Å². The van der Waals surface area contributed by atoms with Gasteiger partial charge in [0.05, 0.1) is 12.6 Å². The lowest BCUT2D eigenvalue weighted by atomic mass is 10.2. The number of carbonyl (C=O) groups excluding carboxylic acids is 1. The molecule has 7 nitrogen and oxygen atoms in total. The van der Waals surface area contributed by atoms with Gasteiger partial charge < -0.3 is 14.6 Å². The first-order valence-electron chi connectivity index (χ1n) is 9.99.